The van der Waals surface area contributed by atoms with Crippen molar-refractivity contribution in [2.75, 3.05) is 9.80 Å². The summed E-state index contributed by atoms with van der Waals surface area (Å²) in [4.78, 5) is 15.0. The highest BCUT2D eigenvalue weighted by atomic mass is 32.1. The number of hydrogen-bond acceptors (Lipinski definition) is 5. The molecule has 2 aromatic heterocycles. The Balaban J connectivity index is 1.22. The van der Waals surface area contributed by atoms with Crippen LogP contribution in [0.25, 0.3) is 42.8 Å². The van der Waals surface area contributed by atoms with E-state index in [4.69, 9.17) is 9.97 Å². The molecule has 0 radical (unpaired) electrons. The standard InChI is InChI=1S/C46H29BN4S/c1-3-13-33(14-4-1)50-39-24-22-31(45-35-17-8-7-12-30(35)26-27-48-45)28-36(39)47-37-29-32(46-49-38-18-9-10-21-43(38)52-46)23-25-40(37)51(34-15-5-2-6-16-34)42-20-11-19-41(50)44(42)47/h1-29H. The van der Waals surface area contributed by atoms with Crippen molar-refractivity contribution in [2.45, 2.75) is 0 Å². The van der Waals surface area contributed by atoms with Gasteiger partial charge in [-0.15, -0.1) is 11.3 Å². The molecule has 4 heterocycles. The number of benzene rings is 7. The summed E-state index contributed by atoms with van der Waals surface area (Å²) in [7, 11) is 0. The van der Waals surface area contributed by atoms with Gasteiger partial charge in [0.15, 0.2) is 0 Å². The number of hydrogen-bond donors (Lipinski definition) is 0. The van der Waals surface area contributed by atoms with E-state index >= 15 is 0 Å². The Morgan fingerprint density at radius 3 is 1.83 bits per heavy atom. The van der Waals surface area contributed by atoms with Gasteiger partial charge in [-0.05, 0) is 94.6 Å². The molecule has 0 saturated carbocycles. The molecule has 9 aromatic rings. The highest BCUT2D eigenvalue weighted by Crippen LogP contribution is 2.45. The number of pyridine rings is 1. The molecule has 0 fully saturated rings. The number of anilines is 6. The summed E-state index contributed by atoms with van der Waals surface area (Å²) in [5, 5.41) is 3.37. The Labute approximate surface area is 306 Å². The van der Waals surface area contributed by atoms with Gasteiger partial charge in [-0.2, -0.15) is 0 Å². The molecule has 4 nitrogen and oxygen atoms in total. The van der Waals surface area contributed by atoms with Crippen LogP contribution in [0.3, 0.4) is 0 Å². The zero-order chi connectivity index (χ0) is 34.2. The Bertz CT molecular complexity index is 2780. The second kappa shape index (κ2) is 11.5. The van der Waals surface area contributed by atoms with Crippen LogP contribution in [0.4, 0.5) is 34.1 Å². The van der Waals surface area contributed by atoms with Gasteiger partial charge in [-0.1, -0.05) is 97.1 Å². The lowest BCUT2D eigenvalue weighted by molar-refractivity contribution is 1.25. The summed E-state index contributed by atoms with van der Waals surface area (Å²) in [6.07, 6.45) is 1.93. The topological polar surface area (TPSA) is 32.3 Å². The molecule has 0 saturated heterocycles. The van der Waals surface area contributed by atoms with Gasteiger partial charge in [0.2, 0.25) is 0 Å². The molecule has 0 spiro atoms. The van der Waals surface area contributed by atoms with Crippen LogP contribution in [0.2, 0.25) is 0 Å². The lowest BCUT2D eigenvalue weighted by Gasteiger charge is -2.44. The fourth-order valence-corrected chi connectivity index (χ4v) is 9.24. The van der Waals surface area contributed by atoms with Crippen molar-refractivity contribution >= 4 is 89.6 Å². The van der Waals surface area contributed by atoms with Crippen LogP contribution < -0.4 is 26.2 Å². The molecule has 2 aliphatic heterocycles. The molecule has 52 heavy (non-hydrogen) atoms. The lowest BCUT2D eigenvalue weighted by Crippen LogP contribution is -2.61. The van der Waals surface area contributed by atoms with Gasteiger partial charge in [0.05, 0.1) is 15.9 Å². The van der Waals surface area contributed by atoms with E-state index in [9.17, 15) is 0 Å². The van der Waals surface area contributed by atoms with Crippen molar-refractivity contribution in [3.05, 3.63) is 176 Å². The second-order valence-corrected chi connectivity index (χ2v) is 14.4. The normalized spacial score (nSPS) is 12.9. The summed E-state index contributed by atoms with van der Waals surface area (Å²) >= 11 is 1.75. The quantitative estimate of drug-likeness (QED) is 0.173. The molecular weight excluding hydrogens is 651 g/mol. The van der Waals surface area contributed by atoms with Crippen LogP contribution in [0.1, 0.15) is 0 Å². The van der Waals surface area contributed by atoms with Gasteiger partial charge in [0, 0.05) is 56.8 Å². The van der Waals surface area contributed by atoms with Gasteiger partial charge in [-0.3, -0.25) is 4.98 Å². The maximum Gasteiger partial charge on any atom is 0.252 e. The van der Waals surface area contributed by atoms with E-state index in [0.29, 0.717) is 0 Å². The average Bonchev–Trinajstić information content (AvgIpc) is 3.65. The fraction of sp³-hybridized carbons (Fsp3) is 0. The predicted molar refractivity (Wildman–Crippen MR) is 220 cm³/mol. The molecule has 2 aliphatic rings. The number of para-hydroxylation sites is 3. The minimum absolute atomic E-state index is 0.0274. The summed E-state index contributed by atoms with van der Waals surface area (Å²) < 4.78 is 1.20. The van der Waals surface area contributed by atoms with Crippen molar-refractivity contribution in [1.82, 2.24) is 9.97 Å². The minimum Gasteiger partial charge on any atom is -0.311 e. The fourth-order valence-electron chi connectivity index (χ4n) is 8.28. The largest absolute Gasteiger partial charge is 0.311 e. The van der Waals surface area contributed by atoms with Gasteiger partial charge >= 0.3 is 0 Å². The first-order valence-corrected chi connectivity index (χ1v) is 18.4. The highest BCUT2D eigenvalue weighted by Gasteiger charge is 2.43. The summed E-state index contributed by atoms with van der Waals surface area (Å²) in [5.41, 5.74) is 15.1. The van der Waals surface area contributed by atoms with Crippen molar-refractivity contribution in [2.24, 2.45) is 0 Å². The van der Waals surface area contributed by atoms with Crippen molar-refractivity contribution in [1.29, 1.82) is 0 Å². The molecule has 0 N–H and O–H groups in total. The second-order valence-electron chi connectivity index (χ2n) is 13.4. The number of thiazole rings is 1. The van der Waals surface area contributed by atoms with E-state index in [0.717, 1.165) is 44.1 Å². The molecule has 242 valence electrons. The Morgan fingerprint density at radius 2 is 1.12 bits per heavy atom. The zero-order valence-corrected chi connectivity index (χ0v) is 28.8. The molecule has 0 amide bonds. The molecule has 0 unspecified atom stereocenters. The van der Waals surface area contributed by atoms with Gasteiger partial charge in [0.1, 0.15) is 5.01 Å². The molecule has 11 rings (SSSR count). The zero-order valence-electron chi connectivity index (χ0n) is 28.0. The summed E-state index contributed by atoms with van der Waals surface area (Å²) in [5.74, 6) is 0. The van der Waals surface area contributed by atoms with Gasteiger partial charge in [0.25, 0.3) is 6.71 Å². The maximum atomic E-state index is 5.10. The highest BCUT2D eigenvalue weighted by molar-refractivity contribution is 7.21. The van der Waals surface area contributed by atoms with Crippen LogP contribution in [-0.2, 0) is 0 Å². The van der Waals surface area contributed by atoms with Crippen LogP contribution in [0.5, 0.6) is 0 Å². The Morgan fingerprint density at radius 1 is 0.500 bits per heavy atom. The molecule has 6 heteroatoms. The lowest BCUT2D eigenvalue weighted by atomic mass is 9.33. The first-order valence-electron chi connectivity index (χ1n) is 17.6. The third-order valence-corrected chi connectivity index (χ3v) is 11.6. The van der Waals surface area contributed by atoms with E-state index in [1.54, 1.807) is 11.3 Å². The number of fused-ring (bicyclic) bond motifs is 6. The number of aromatic nitrogens is 2. The van der Waals surface area contributed by atoms with Crippen LogP contribution >= 0.6 is 11.3 Å². The Hall–Kier alpha value is -6.50. The average molecular weight is 681 g/mol. The molecular formula is C46H29BN4S. The van der Waals surface area contributed by atoms with Crippen molar-refractivity contribution in [3.63, 3.8) is 0 Å². The number of rotatable bonds is 4. The SMILES string of the molecule is c1ccc(N2c3ccc(-c4nc5ccccc5s4)cc3B3c4cc(-c5nccc6ccccc56)ccc4N(c4ccccc4)c4cccc2c43)cc1. The van der Waals surface area contributed by atoms with Gasteiger partial charge < -0.3 is 9.80 Å². The molecule has 0 bridgehead atoms. The third-order valence-electron chi connectivity index (χ3n) is 10.5. The molecule has 0 atom stereocenters. The smallest absolute Gasteiger partial charge is 0.252 e. The summed E-state index contributed by atoms with van der Waals surface area (Å²) in [6.45, 7) is -0.0274. The number of nitrogens with zero attached hydrogens (tertiary/aromatic N) is 4. The third kappa shape index (κ3) is 4.41. The first kappa shape index (κ1) is 29.3. The summed E-state index contributed by atoms with van der Waals surface area (Å²) in [6, 6.07) is 61.2. The van der Waals surface area contributed by atoms with E-state index < -0.39 is 0 Å². The van der Waals surface area contributed by atoms with Gasteiger partial charge in [-0.25, -0.2) is 4.98 Å². The Kier molecular flexibility index (Phi) is 6.48. The molecule has 7 aromatic carbocycles. The maximum absolute atomic E-state index is 5.10. The van der Waals surface area contributed by atoms with Crippen molar-refractivity contribution < 1.29 is 0 Å². The van der Waals surface area contributed by atoms with Crippen LogP contribution in [0.15, 0.2) is 176 Å². The van der Waals surface area contributed by atoms with Crippen LogP contribution in [-0.4, -0.2) is 16.7 Å². The van der Waals surface area contributed by atoms with Crippen LogP contribution in [0, 0.1) is 0 Å². The molecule has 0 aliphatic carbocycles. The predicted octanol–water partition coefficient (Wildman–Crippen LogP) is 10.3. The van der Waals surface area contributed by atoms with E-state index in [1.807, 2.05) is 6.20 Å². The first-order chi connectivity index (χ1) is 25.8. The van der Waals surface area contributed by atoms with E-state index in [-0.39, 0.29) is 6.71 Å². The van der Waals surface area contributed by atoms with Crippen molar-refractivity contribution in [3.8, 4) is 21.8 Å². The minimum atomic E-state index is -0.0274. The van der Waals surface area contributed by atoms with E-state index in [2.05, 4.69) is 180 Å². The van der Waals surface area contributed by atoms with E-state index in [1.165, 1.54) is 49.2 Å². The monoisotopic (exact) mass is 680 g/mol.